The van der Waals surface area contributed by atoms with E-state index in [0.717, 1.165) is 36.7 Å². The number of nitrogens with zero attached hydrogens (tertiary/aromatic N) is 3. The summed E-state index contributed by atoms with van der Waals surface area (Å²) < 4.78 is 27.8. The van der Waals surface area contributed by atoms with Gasteiger partial charge in [-0.3, -0.25) is 4.79 Å². The van der Waals surface area contributed by atoms with Gasteiger partial charge in [0, 0.05) is 55.3 Å². The highest BCUT2D eigenvalue weighted by atomic mass is 32.2. The van der Waals surface area contributed by atoms with Crippen molar-refractivity contribution in [2.45, 2.75) is 43.3 Å². The Hall–Kier alpha value is -2.23. The molecule has 2 aliphatic rings. The normalized spacial score (nSPS) is 18.8. The van der Waals surface area contributed by atoms with Crippen LogP contribution in [-0.2, 0) is 21.2 Å². The van der Waals surface area contributed by atoms with Crippen LogP contribution < -0.4 is 0 Å². The van der Waals surface area contributed by atoms with Crippen molar-refractivity contribution in [3.05, 3.63) is 52.5 Å². The van der Waals surface area contributed by atoms with Crippen molar-refractivity contribution < 1.29 is 13.2 Å². The van der Waals surface area contributed by atoms with Gasteiger partial charge in [-0.15, -0.1) is 11.3 Å². The highest BCUT2D eigenvalue weighted by Crippen LogP contribution is 2.34. The Morgan fingerprint density at radius 2 is 2.00 bits per heavy atom. The standard InChI is InChI=1S/C23H28N4O3S2/c28-22(7-1-4-18-5-3-13-31-18)26-15-19(16-26)32(29,30)27-11-8-17(9-12-27)21-14-25-23-20(21)6-2-10-24-23/h2-3,5-6,10,13-14,17,19H,1,4,7-9,11-12,15-16H2,(H,24,25). The number of pyridine rings is 1. The topological polar surface area (TPSA) is 86.4 Å². The van der Waals surface area contributed by atoms with Gasteiger partial charge in [0.2, 0.25) is 15.9 Å². The summed E-state index contributed by atoms with van der Waals surface area (Å²) in [4.78, 5) is 23.0. The molecule has 0 atom stereocenters. The first-order chi connectivity index (χ1) is 15.5. The van der Waals surface area contributed by atoms with E-state index < -0.39 is 15.3 Å². The lowest BCUT2D eigenvalue weighted by Gasteiger charge is -2.42. The van der Waals surface area contributed by atoms with Crippen molar-refractivity contribution in [1.82, 2.24) is 19.2 Å². The second-order valence-electron chi connectivity index (χ2n) is 8.72. The highest BCUT2D eigenvalue weighted by Gasteiger charge is 2.43. The smallest absolute Gasteiger partial charge is 0.222 e. The number of sulfonamides is 1. The lowest BCUT2D eigenvalue weighted by atomic mass is 9.90. The van der Waals surface area contributed by atoms with Crippen molar-refractivity contribution in [3.63, 3.8) is 0 Å². The van der Waals surface area contributed by atoms with E-state index in [2.05, 4.69) is 22.1 Å². The lowest BCUT2D eigenvalue weighted by molar-refractivity contribution is -0.134. The van der Waals surface area contributed by atoms with E-state index in [0.29, 0.717) is 38.5 Å². The van der Waals surface area contributed by atoms with Crippen molar-refractivity contribution in [2.24, 2.45) is 0 Å². The zero-order valence-electron chi connectivity index (χ0n) is 17.9. The van der Waals surface area contributed by atoms with E-state index in [1.165, 1.54) is 10.4 Å². The molecule has 0 aromatic carbocycles. The quantitative estimate of drug-likeness (QED) is 0.571. The summed E-state index contributed by atoms with van der Waals surface area (Å²) in [5.74, 6) is 0.405. The molecule has 32 heavy (non-hydrogen) atoms. The molecule has 0 bridgehead atoms. The average Bonchev–Trinajstić information content (AvgIpc) is 3.42. The van der Waals surface area contributed by atoms with Crippen molar-refractivity contribution >= 4 is 38.3 Å². The zero-order chi connectivity index (χ0) is 22.1. The minimum Gasteiger partial charge on any atom is -0.346 e. The van der Waals surface area contributed by atoms with Gasteiger partial charge in [0.25, 0.3) is 0 Å². The fourth-order valence-corrected chi connectivity index (χ4v) is 7.43. The summed E-state index contributed by atoms with van der Waals surface area (Å²) in [7, 11) is -3.36. The average molecular weight is 473 g/mol. The van der Waals surface area contributed by atoms with Crippen LogP contribution in [0.15, 0.2) is 42.0 Å². The number of hydrogen-bond acceptors (Lipinski definition) is 5. The van der Waals surface area contributed by atoms with E-state index in [4.69, 9.17) is 0 Å². The molecule has 1 amide bonds. The summed E-state index contributed by atoms with van der Waals surface area (Å²) in [6, 6.07) is 8.11. The summed E-state index contributed by atoms with van der Waals surface area (Å²) >= 11 is 1.71. The number of piperidine rings is 1. The SMILES string of the molecule is O=C(CCCc1cccs1)N1CC(S(=O)(=O)N2CCC(c3c[nH]c4ncccc34)CC2)C1. The third-order valence-corrected chi connectivity index (χ3v) is 9.91. The van der Waals surface area contributed by atoms with Crippen LogP contribution in [0.2, 0.25) is 0 Å². The monoisotopic (exact) mass is 472 g/mol. The maximum absolute atomic E-state index is 13.1. The molecule has 0 unspecified atom stereocenters. The molecule has 2 saturated heterocycles. The first kappa shape index (κ1) is 21.6. The Kier molecular flexibility index (Phi) is 6.05. The molecule has 5 rings (SSSR count). The molecule has 0 saturated carbocycles. The van der Waals surface area contributed by atoms with Gasteiger partial charge in [0.1, 0.15) is 10.9 Å². The molecule has 2 fully saturated rings. The second kappa shape index (κ2) is 8.96. The van der Waals surface area contributed by atoms with Gasteiger partial charge in [-0.05, 0) is 60.7 Å². The highest BCUT2D eigenvalue weighted by molar-refractivity contribution is 7.89. The Bertz CT molecular complexity index is 1180. The number of H-pyrrole nitrogens is 1. The molecule has 3 aromatic heterocycles. The second-order valence-corrected chi connectivity index (χ2v) is 12.0. The van der Waals surface area contributed by atoms with Gasteiger partial charge in [-0.1, -0.05) is 6.07 Å². The molecule has 170 valence electrons. The van der Waals surface area contributed by atoms with Crippen LogP contribution in [0.3, 0.4) is 0 Å². The molecule has 9 heteroatoms. The first-order valence-corrected chi connectivity index (χ1v) is 13.6. The molecular formula is C23H28N4O3S2. The van der Waals surface area contributed by atoms with Gasteiger partial charge in [0.15, 0.2) is 0 Å². The van der Waals surface area contributed by atoms with Gasteiger partial charge in [-0.2, -0.15) is 0 Å². The third-order valence-electron chi connectivity index (χ3n) is 6.75. The van der Waals surface area contributed by atoms with E-state index in [9.17, 15) is 13.2 Å². The maximum Gasteiger partial charge on any atom is 0.222 e. The number of rotatable bonds is 7. The van der Waals surface area contributed by atoms with Crippen LogP contribution in [0.4, 0.5) is 0 Å². The van der Waals surface area contributed by atoms with Crippen LogP contribution in [0.5, 0.6) is 0 Å². The summed E-state index contributed by atoms with van der Waals surface area (Å²) in [5.41, 5.74) is 2.11. The number of fused-ring (bicyclic) bond motifs is 1. The van der Waals surface area contributed by atoms with Crippen molar-refractivity contribution in [3.8, 4) is 0 Å². The van der Waals surface area contributed by atoms with E-state index in [-0.39, 0.29) is 5.91 Å². The van der Waals surface area contributed by atoms with Gasteiger partial charge in [-0.25, -0.2) is 17.7 Å². The summed E-state index contributed by atoms with van der Waals surface area (Å²) in [6.45, 7) is 1.72. The Balaban J connectivity index is 1.11. The number of likely N-dealkylation sites (tertiary alicyclic amines) is 1. The fraction of sp³-hybridized carbons (Fsp3) is 0.478. The lowest BCUT2D eigenvalue weighted by Crippen LogP contribution is -2.60. The largest absolute Gasteiger partial charge is 0.346 e. The van der Waals surface area contributed by atoms with Crippen molar-refractivity contribution in [2.75, 3.05) is 26.2 Å². The van der Waals surface area contributed by atoms with Gasteiger partial charge >= 0.3 is 0 Å². The van der Waals surface area contributed by atoms with E-state index in [1.54, 1.807) is 26.7 Å². The number of amides is 1. The van der Waals surface area contributed by atoms with Crippen LogP contribution in [-0.4, -0.2) is 64.9 Å². The number of thiophene rings is 1. The molecular weight excluding hydrogens is 444 g/mol. The minimum absolute atomic E-state index is 0.0691. The van der Waals surface area contributed by atoms with Crippen LogP contribution in [0.25, 0.3) is 11.0 Å². The summed E-state index contributed by atoms with van der Waals surface area (Å²) in [5, 5.41) is 2.71. The van der Waals surface area contributed by atoms with Crippen LogP contribution >= 0.6 is 11.3 Å². The number of aryl methyl sites for hydroxylation is 1. The number of aromatic amines is 1. The van der Waals surface area contributed by atoms with E-state index in [1.807, 2.05) is 23.7 Å². The summed E-state index contributed by atoms with van der Waals surface area (Å²) in [6.07, 6.45) is 7.59. The van der Waals surface area contributed by atoms with Gasteiger partial charge < -0.3 is 9.88 Å². The predicted octanol–water partition coefficient (Wildman–Crippen LogP) is 3.37. The molecule has 0 spiro atoms. The molecule has 5 heterocycles. The van der Waals surface area contributed by atoms with Crippen LogP contribution in [0.1, 0.15) is 42.0 Å². The number of hydrogen-bond donors (Lipinski definition) is 1. The number of carbonyl (C=O) groups excluding carboxylic acids is 1. The Labute approximate surface area is 192 Å². The molecule has 2 aliphatic heterocycles. The predicted molar refractivity (Wildman–Crippen MR) is 126 cm³/mol. The molecule has 0 radical (unpaired) electrons. The zero-order valence-corrected chi connectivity index (χ0v) is 19.6. The maximum atomic E-state index is 13.1. The molecule has 0 aliphatic carbocycles. The van der Waals surface area contributed by atoms with E-state index >= 15 is 0 Å². The molecule has 3 aromatic rings. The Morgan fingerprint density at radius 3 is 2.75 bits per heavy atom. The minimum atomic E-state index is -3.36. The number of carbonyl (C=O) groups is 1. The van der Waals surface area contributed by atoms with Crippen LogP contribution in [0, 0.1) is 0 Å². The van der Waals surface area contributed by atoms with Crippen molar-refractivity contribution in [1.29, 1.82) is 0 Å². The number of aromatic nitrogens is 2. The number of nitrogens with one attached hydrogen (secondary N) is 1. The fourth-order valence-electron chi connectivity index (χ4n) is 4.80. The van der Waals surface area contributed by atoms with Gasteiger partial charge in [0.05, 0.1) is 0 Å². The third kappa shape index (κ3) is 4.21. The molecule has 1 N–H and O–H groups in total. The first-order valence-electron chi connectivity index (χ1n) is 11.2. The molecule has 7 nitrogen and oxygen atoms in total. The Morgan fingerprint density at radius 1 is 1.19 bits per heavy atom.